The maximum Gasteiger partial charge on any atom is 0.287 e. The first-order valence-corrected chi connectivity index (χ1v) is 9.91. The second-order valence-corrected chi connectivity index (χ2v) is 7.33. The van der Waals surface area contributed by atoms with E-state index in [9.17, 15) is 9.59 Å². The molecule has 6 nitrogen and oxygen atoms in total. The molecule has 4 rings (SSSR count). The van der Waals surface area contributed by atoms with Crippen molar-refractivity contribution in [1.29, 1.82) is 0 Å². The number of fused-ring (bicyclic) bond motifs is 1. The molecule has 6 heteroatoms. The molecule has 0 aliphatic carbocycles. The normalized spacial score (nSPS) is 12.9. The van der Waals surface area contributed by atoms with E-state index in [0.717, 1.165) is 36.1 Å². The van der Waals surface area contributed by atoms with Crippen molar-refractivity contribution in [1.82, 2.24) is 14.9 Å². The van der Waals surface area contributed by atoms with Crippen molar-refractivity contribution in [2.75, 3.05) is 5.32 Å². The third kappa shape index (κ3) is 4.21. The summed E-state index contributed by atoms with van der Waals surface area (Å²) in [5.74, 6) is -0.224. The number of hydrogen-bond acceptors (Lipinski definition) is 3. The van der Waals surface area contributed by atoms with Gasteiger partial charge in [0.25, 0.3) is 11.8 Å². The molecule has 1 aromatic heterocycles. The lowest BCUT2D eigenvalue weighted by Gasteiger charge is -2.17. The smallest absolute Gasteiger partial charge is 0.287 e. The van der Waals surface area contributed by atoms with Crippen LogP contribution in [0.4, 0.5) is 5.69 Å². The van der Waals surface area contributed by atoms with Gasteiger partial charge in [0.05, 0.1) is 5.69 Å². The van der Waals surface area contributed by atoms with Gasteiger partial charge in [-0.05, 0) is 43.9 Å². The number of aryl methyl sites for hydroxylation is 1. The highest BCUT2D eigenvalue weighted by molar-refractivity contribution is 6.05. The first-order valence-electron chi connectivity index (χ1n) is 9.91. The fraction of sp³-hybridized carbons (Fsp3) is 0.261. The molecule has 0 radical (unpaired) electrons. The molecule has 148 valence electrons. The van der Waals surface area contributed by atoms with Gasteiger partial charge in [-0.1, -0.05) is 48.0 Å². The number of hydrogen-bond donors (Lipinski definition) is 2. The number of aromatic nitrogens is 2. The first kappa shape index (κ1) is 18.9. The zero-order valence-corrected chi connectivity index (χ0v) is 16.4. The molecular weight excluding hydrogens is 364 g/mol. The van der Waals surface area contributed by atoms with Crippen molar-refractivity contribution in [3.05, 3.63) is 82.9 Å². The number of anilines is 1. The van der Waals surface area contributed by atoms with Crippen LogP contribution >= 0.6 is 0 Å². The highest BCUT2D eigenvalue weighted by Gasteiger charge is 2.27. The SMILES string of the molecule is Cc1ccc(NC(=O)c2nc(C(=O)NCc3ccccc3)n3c2CCCC3)cc1. The van der Waals surface area contributed by atoms with E-state index in [-0.39, 0.29) is 11.8 Å². The van der Waals surface area contributed by atoms with Gasteiger partial charge in [0, 0.05) is 18.8 Å². The summed E-state index contributed by atoms with van der Waals surface area (Å²) in [5, 5.41) is 5.82. The van der Waals surface area contributed by atoms with Crippen molar-refractivity contribution in [2.24, 2.45) is 0 Å². The Morgan fingerprint density at radius 2 is 1.76 bits per heavy atom. The lowest BCUT2D eigenvalue weighted by molar-refractivity contribution is 0.0935. The Kier molecular flexibility index (Phi) is 5.42. The molecule has 3 aromatic rings. The molecule has 2 N–H and O–H groups in total. The average molecular weight is 388 g/mol. The molecule has 29 heavy (non-hydrogen) atoms. The number of amides is 2. The van der Waals surface area contributed by atoms with Crippen molar-refractivity contribution in [2.45, 2.75) is 39.3 Å². The minimum atomic E-state index is -0.276. The summed E-state index contributed by atoms with van der Waals surface area (Å²) >= 11 is 0. The molecule has 0 fully saturated rings. The molecule has 1 aliphatic heterocycles. The van der Waals surface area contributed by atoms with Crippen LogP contribution in [0.1, 0.15) is 50.8 Å². The van der Waals surface area contributed by atoms with E-state index >= 15 is 0 Å². The van der Waals surface area contributed by atoms with E-state index in [1.54, 1.807) is 0 Å². The van der Waals surface area contributed by atoms with E-state index in [1.165, 1.54) is 0 Å². The van der Waals surface area contributed by atoms with Gasteiger partial charge in [-0.15, -0.1) is 0 Å². The Balaban J connectivity index is 1.55. The van der Waals surface area contributed by atoms with Crippen molar-refractivity contribution in [3.63, 3.8) is 0 Å². The standard InChI is InChI=1S/C23H24N4O2/c1-16-10-12-18(13-11-16)25-22(28)20-19-9-5-6-14-27(19)21(26-20)23(29)24-15-17-7-3-2-4-8-17/h2-4,7-8,10-13H,5-6,9,14-15H2,1H3,(H,24,29)(H,25,28). The quantitative estimate of drug-likeness (QED) is 0.700. The Morgan fingerprint density at radius 1 is 1.00 bits per heavy atom. The minimum absolute atomic E-state index is 0.258. The molecule has 0 unspecified atom stereocenters. The van der Waals surface area contributed by atoms with Gasteiger partial charge >= 0.3 is 0 Å². The second-order valence-electron chi connectivity index (χ2n) is 7.33. The lowest BCUT2D eigenvalue weighted by Crippen LogP contribution is -2.27. The molecule has 0 saturated carbocycles. The van der Waals surface area contributed by atoms with Crippen LogP contribution in [-0.2, 0) is 19.5 Å². The zero-order chi connectivity index (χ0) is 20.2. The highest BCUT2D eigenvalue weighted by Crippen LogP contribution is 2.22. The summed E-state index contributed by atoms with van der Waals surface area (Å²) in [6.45, 7) is 3.12. The summed E-state index contributed by atoms with van der Waals surface area (Å²) < 4.78 is 1.90. The summed E-state index contributed by atoms with van der Waals surface area (Å²) in [5.41, 5.74) is 4.04. The molecule has 0 bridgehead atoms. The van der Waals surface area contributed by atoms with Gasteiger partial charge in [-0.3, -0.25) is 9.59 Å². The molecule has 2 amide bonds. The number of nitrogens with one attached hydrogen (secondary N) is 2. The number of nitrogens with zero attached hydrogens (tertiary/aromatic N) is 2. The molecule has 0 atom stereocenters. The summed E-state index contributed by atoms with van der Waals surface area (Å²) in [7, 11) is 0. The molecule has 2 heterocycles. The number of benzene rings is 2. The fourth-order valence-corrected chi connectivity index (χ4v) is 3.58. The van der Waals surface area contributed by atoms with E-state index in [2.05, 4.69) is 15.6 Å². The number of rotatable bonds is 5. The minimum Gasteiger partial charge on any atom is -0.345 e. The van der Waals surface area contributed by atoms with Gasteiger partial charge in [0.1, 0.15) is 0 Å². The Labute approximate surface area is 170 Å². The monoisotopic (exact) mass is 388 g/mol. The Bertz CT molecular complexity index is 1020. The van der Waals surface area contributed by atoms with Crippen LogP contribution in [0.15, 0.2) is 54.6 Å². The highest BCUT2D eigenvalue weighted by atomic mass is 16.2. The fourth-order valence-electron chi connectivity index (χ4n) is 3.58. The average Bonchev–Trinajstić information content (AvgIpc) is 3.14. The van der Waals surface area contributed by atoms with E-state index in [1.807, 2.05) is 66.1 Å². The molecule has 2 aromatic carbocycles. The van der Waals surface area contributed by atoms with Crippen molar-refractivity contribution in [3.8, 4) is 0 Å². The second kappa shape index (κ2) is 8.31. The van der Waals surface area contributed by atoms with Crippen molar-refractivity contribution < 1.29 is 9.59 Å². The number of carbonyl (C=O) groups is 2. The number of carbonyl (C=O) groups excluding carboxylic acids is 2. The van der Waals surface area contributed by atoms with E-state index in [0.29, 0.717) is 30.3 Å². The van der Waals surface area contributed by atoms with Crippen LogP contribution < -0.4 is 10.6 Å². The van der Waals surface area contributed by atoms with Gasteiger partial charge < -0.3 is 15.2 Å². The maximum atomic E-state index is 12.9. The summed E-state index contributed by atoms with van der Waals surface area (Å²) in [4.78, 5) is 30.1. The van der Waals surface area contributed by atoms with Crippen LogP contribution in [-0.4, -0.2) is 21.4 Å². The van der Waals surface area contributed by atoms with Crippen LogP contribution in [0, 0.1) is 6.92 Å². The molecule has 1 aliphatic rings. The van der Waals surface area contributed by atoms with Gasteiger partial charge in [-0.2, -0.15) is 0 Å². The molecule has 0 saturated heterocycles. The third-order valence-electron chi connectivity index (χ3n) is 5.14. The van der Waals surface area contributed by atoms with Gasteiger partial charge in [-0.25, -0.2) is 4.98 Å². The Morgan fingerprint density at radius 3 is 2.52 bits per heavy atom. The van der Waals surface area contributed by atoms with Crippen molar-refractivity contribution >= 4 is 17.5 Å². The molecular formula is C23H24N4O2. The summed E-state index contributed by atoms with van der Waals surface area (Å²) in [6, 6.07) is 17.4. The maximum absolute atomic E-state index is 12.9. The molecule has 0 spiro atoms. The predicted octanol–water partition coefficient (Wildman–Crippen LogP) is 3.71. The summed E-state index contributed by atoms with van der Waals surface area (Å²) in [6.07, 6.45) is 2.71. The largest absolute Gasteiger partial charge is 0.345 e. The first-order chi connectivity index (χ1) is 14.1. The third-order valence-corrected chi connectivity index (χ3v) is 5.14. The zero-order valence-electron chi connectivity index (χ0n) is 16.4. The lowest BCUT2D eigenvalue weighted by atomic mass is 10.1. The van der Waals surface area contributed by atoms with Crippen LogP contribution in [0.2, 0.25) is 0 Å². The number of imidazole rings is 1. The van der Waals surface area contributed by atoms with Crippen LogP contribution in [0.3, 0.4) is 0 Å². The van der Waals surface area contributed by atoms with E-state index < -0.39 is 0 Å². The predicted molar refractivity (Wildman–Crippen MR) is 112 cm³/mol. The topological polar surface area (TPSA) is 76.0 Å². The van der Waals surface area contributed by atoms with Gasteiger partial charge in [0.15, 0.2) is 11.5 Å². The van der Waals surface area contributed by atoms with E-state index in [4.69, 9.17) is 0 Å². The Hall–Kier alpha value is -3.41. The van der Waals surface area contributed by atoms with Gasteiger partial charge in [0.2, 0.25) is 0 Å². The van der Waals surface area contributed by atoms with Crippen LogP contribution in [0.5, 0.6) is 0 Å². The van der Waals surface area contributed by atoms with Crippen LogP contribution in [0.25, 0.3) is 0 Å².